The molecule has 2 amide bonds. The summed E-state index contributed by atoms with van der Waals surface area (Å²) in [6, 6.07) is 5.20. The summed E-state index contributed by atoms with van der Waals surface area (Å²) in [5.74, 6) is 2.84. The topological polar surface area (TPSA) is 101 Å². The summed E-state index contributed by atoms with van der Waals surface area (Å²) in [5, 5.41) is 13.4. The summed E-state index contributed by atoms with van der Waals surface area (Å²) in [6.45, 7) is 1.28. The minimum Gasteiger partial charge on any atom is -0.339 e. The lowest BCUT2D eigenvalue weighted by molar-refractivity contribution is 0.0713. The van der Waals surface area contributed by atoms with Gasteiger partial charge in [-0.25, -0.2) is 9.61 Å². The third-order valence-electron chi connectivity index (χ3n) is 6.72. The molecule has 0 bridgehead atoms. The number of carbonyl (C=O) groups excluding carboxylic acids is 2. The predicted molar refractivity (Wildman–Crippen MR) is 124 cm³/mol. The van der Waals surface area contributed by atoms with Gasteiger partial charge in [0.15, 0.2) is 0 Å². The third kappa shape index (κ3) is 4.35. The Morgan fingerprint density at radius 1 is 1.15 bits per heavy atom. The molecule has 3 aromatic rings. The van der Waals surface area contributed by atoms with Crippen LogP contribution in [-0.2, 0) is 0 Å². The number of benzene rings is 1. The van der Waals surface area contributed by atoms with Gasteiger partial charge in [0.2, 0.25) is 0 Å². The molecule has 1 aromatic carbocycles. The number of thiazole rings is 1. The molecule has 3 heterocycles. The maximum absolute atomic E-state index is 12.9. The molecule has 170 valence electrons. The maximum Gasteiger partial charge on any atom is 0.271 e. The summed E-state index contributed by atoms with van der Waals surface area (Å²) in [7, 11) is 0. The molecule has 0 atom stereocenters. The fourth-order valence-electron chi connectivity index (χ4n) is 4.75. The zero-order valence-electron chi connectivity index (χ0n) is 18.2. The number of terminal acetylenes is 1. The predicted octanol–water partition coefficient (Wildman–Crippen LogP) is 3.77. The van der Waals surface area contributed by atoms with Crippen LogP contribution in [0.25, 0.3) is 11.0 Å². The molecule has 8 nitrogen and oxygen atoms in total. The van der Waals surface area contributed by atoms with Gasteiger partial charge < -0.3 is 10.2 Å². The van der Waals surface area contributed by atoms with Gasteiger partial charge in [-0.15, -0.1) is 17.8 Å². The van der Waals surface area contributed by atoms with Gasteiger partial charge in [-0.3, -0.25) is 9.59 Å². The van der Waals surface area contributed by atoms with Crippen molar-refractivity contribution < 1.29 is 14.2 Å². The molecule has 5 rings (SSSR count). The van der Waals surface area contributed by atoms with Gasteiger partial charge in [0.05, 0.1) is 5.01 Å². The Morgan fingerprint density at radius 3 is 2.67 bits per heavy atom. The number of fused-ring (bicyclic) bond motifs is 1. The van der Waals surface area contributed by atoms with Crippen molar-refractivity contribution in [3.05, 3.63) is 39.8 Å². The first-order chi connectivity index (χ1) is 16.1. The van der Waals surface area contributed by atoms with E-state index in [-0.39, 0.29) is 17.7 Å². The number of rotatable bonds is 4. The van der Waals surface area contributed by atoms with E-state index in [1.54, 1.807) is 18.2 Å². The number of aromatic nitrogens is 3. The van der Waals surface area contributed by atoms with E-state index >= 15 is 0 Å². The molecule has 1 saturated heterocycles. The average Bonchev–Trinajstić information content (AvgIpc) is 3.54. The SMILES string of the molecule is C#CC1(NC(=O)c2csc(C3CCN(C(=O)c4ccc5nonc5c4)CC3)n2)CCCCC1. The molecule has 9 heteroatoms. The van der Waals surface area contributed by atoms with Gasteiger partial charge in [-0.05, 0) is 54.2 Å². The number of hydrogen-bond acceptors (Lipinski definition) is 7. The van der Waals surface area contributed by atoms with Crippen LogP contribution in [0, 0.1) is 12.3 Å². The van der Waals surface area contributed by atoms with E-state index in [2.05, 4.69) is 26.5 Å². The molecule has 0 unspecified atom stereocenters. The molecule has 1 aliphatic carbocycles. The number of piperidine rings is 1. The van der Waals surface area contributed by atoms with Gasteiger partial charge >= 0.3 is 0 Å². The smallest absolute Gasteiger partial charge is 0.271 e. The average molecular weight is 464 g/mol. The van der Waals surface area contributed by atoms with E-state index in [9.17, 15) is 9.59 Å². The lowest BCUT2D eigenvalue weighted by Gasteiger charge is -2.33. The van der Waals surface area contributed by atoms with Crippen LogP contribution in [0.2, 0.25) is 0 Å². The Bertz CT molecular complexity index is 1210. The van der Waals surface area contributed by atoms with Gasteiger partial charge in [0.25, 0.3) is 11.8 Å². The number of likely N-dealkylation sites (tertiary alicyclic amines) is 1. The van der Waals surface area contributed by atoms with E-state index < -0.39 is 5.54 Å². The first-order valence-electron chi connectivity index (χ1n) is 11.3. The van der Waals surface area contributed by atoms with Gasteiger partial charge in [-0.2, -0.15) is 0 Å². The molecule has 2 aromatic heterocycles. The Balaban J connectivity index is 1.20. The van der Waals surface area contributed by atoms with Crippen molar-refractivity contribution in [3.63, 3.8) is 0 Å². The zero-order chi connectivity index (χ0) is 22.8. The molecule has 33 heavy (non-hydrogen) atoms. The minimum absolute atomic E-state index is 0.0235. The summed E-state index contributed by atoms with van der Waals surface area (Å²) >= 11 is 1.51. The summed E-state index contributed by atoms with van der Waals surface area (Å²) < 4.78 is 4.71. The van der Waals surface area contributed by atoms with Gasteiger partial charge in [0, 0.05) is 30.0 Å². The molecule has 0 spiro atoms. The Kier molecular flexibility index (Phi) is 5.85. The van der Waals surface area contributed by atoms with Crippen LogP contribution >= 0.6 is 11.3 Å². The summed E-state index contributed by atoms with van der Waals surface area (Å²) in [6.07, 6.45) is 12.2. The first kappa shape index (κ1) is 21.6. The van der Waals surface area contributed by atoms with Crippen molar-refractivity contribution in [1.29, 1.82) is 0 Å². The van der Waals surface area contributed by atoms with Crippen LogP contribution < -0.4 is 5.32 Å². The number of carbonyl (C=O) groups is 2. The standard InChI is InChI=1S/C24H25N5O3S/c1-2-24(10-4-3-5-11-24)26-21(30)20-15-33-22(25-20)16-8-12-29(13-9-16)23(31)17-6-7-18-19(14-17)28-32-27-18/h1,6-7,14-16H,3-5,8-13H2,(H,26,30). The first-order valence-corrected chi connectivity index (χ1v) is 12.2. The van der Waals surface area contributed by atoms with Crippen LogP contribution in [0.15, 0.2) is 28.2 Å². The number of amides is 2. The van der Waals surface area contributed by atoms with Crippen LogP contribution in [-0.4, -0.2) is 50.6 Å². The second kappa shape index (κ2) is 8.94. The second-order valence-electron chi connectivity index (χ2n) is 8.85. The summed E-state index contributed by atoms with van der Waals surface area (Å²) in [4.78, 5) is 32.2. The van der Waals surface area contributed by atoms with E-state index in [4.69, 9.17) is 11.1 Å². The van der Waals surface area contributed by atoms with Crippen LogP contribution in [0.4, 0.5) is 0 Å². The molecule has 1 saturated carbocycles. The molecule has 1 aliphatic heterocycles. The van der Waals surface area contributed by atoms with Crippen molar-refractivity contribution in [2.45, 2.75) is 56.4 Å². The second-order valence-corrected chi connectivity index (χ2v) is 9.74. The quantitative estimate of drug-likeness (QED) is 0.591. The number of nitrogens with one attached hydrogen (secondary N) is 1. The van der Waals surface area contributed by atoms with Gasteiger partial charge in [-0.1, -0.05) is 25.2 Å². The monoisotopic (exact) mass is 463 g/mol. The van der Waals surface area contributed by atoms with Crippen molar-refractivity contribution >= 4 is 34.2 Å². The molecule has 0 radical (unpaired) electrons. The highest BCUT2D eigenvalue weighted by Crippen LogP contribution is 2.32. The molecule has 2 aliphatic rings. The molecule has 1 N–H and O–H groups in total. The largest absolute Gasteiger partial charge is 0.339 e. The van der Waals surface area contributed by atoms with E-state index in [1.165, 1.54) is 11.3 Å². The highest BCUT2D eigenvalue weighted by Gasteiger charge is 2.33. The van der Waals surface area contributed by atoms with E-state index in [1.807, 2.05) is 10.3 Å². The van der Waals surface area contributed by atoms with Gasteiger partial charge in [0.1, 0.15) is 22.3 Å². The highest BCUT2D eigenvalue weighted by atomic mass is 32.1. The number of nitrogens with zero attached hydrogens (tertiary/aromatic N) is 4. The third-order valence-corrected chi connectivity index (χ3v) is 7.73. The zero-order valence-corrected chi connectivity index (χ0v) is 19.1. The van der Waals surface area contributed by atoms with Crippen LogP contribution in [0.1, 0.15) is 76.7 Å². The van der Waals surface area contributed by atoms with Crippen molar-refractivity contribution in [1.82, 2.24) is 25.5 Å². The lowest BCUT2D eigenvalue weighted by atomic mass is 9.82. The lowest BCUT2D eigenvalue weighted by Crippen LogP contribution is -2.48. The van der Waals surface area contributed by atoms with E-state index in [0.29, 0.717) is 35.4 Å². The molecular weight excluding hydrogens is 438 g/mol. The Labute approximate surface area is 195 Å². The minimum atomic E-state index is -0.546. The van der Waals surface area contributed by atoms with Crippen LogP contribution in [0.3, 0.4) is 0 Å². The Hall–Kier alpha value is -3.25. The normalized spacial score (nSPS) is 18.7. The van der Waals surface area contributed by atoms with Crippen molar-refractivity contribution in [3.8, 4) is 12.3 Å². The van der Waals surface area contributed by atoms with Crippen LogP contribution in [0.5, 0.6) is 0 Å². The highest BCUT2D eigenvalue weighted by molar-refractivity contribution is 7.09. The van der Waals surface area contributed by atoms with Crippen molar-refractivity contribution in [2.24, 2.45) is 0 Å². The maximum atomic E-state index is 12.9. The fourth-order valence-corrected chi connectivity index (χ4v) is 5.72. The molecule has 2 fully saturated rings. The van der Waals surface area contributed by atoms with E-state index in [0.717, 1.165) is 50.0 Å². The number of hydrogen-bond donors (Lipinski definition) is 1. The fraction of sp³-hybridized carbons (Fsp3) is 0.458. The van der Waals surface area contributed by atoms with Crippen molar-refractivity contribution in [2.75, 3.05) is 13.1 Å². The molecular formula is C24H25N5O3S. The summed E-state index contributed by atoms with van der Waals surface area (Å²) in [5.41, 5.74) is 1.67. The Morgan fingerprint density at radius 2 is 1.91 bits per heavy atom.